The number of hydrogen-bond acceptors (Lipinski definition) is 4. The predicted molar refractivity (Wildman–Crippen MR) is 115 cm³/mol. The molecule has 0 radical (unpaired) electrons. The Morgan fingerprint density at radius 2 is 1.96 bits per heavy atom. The molecule has 5 heteroatoms. The van der Waals surface area contributed by atoms with Crippen LogP contribution in [-0.2, 0) is 15.5 Å². The van der Waals surface area contributed by atoms with E-state index >= 15 is 0 Å². The first-order valence-corrected chi connectivity index (χ1v) is 9.96. The minimum absolute atomic E-state index is 0.258. The first kappa shape index (κ1) is 22.0. The van der Waals surface area contributed by atoms with E-state index in [0.717, 1.165) is 37.2 Å². The maximum atomic E-state index is 10.9. The number of benzene rings is 2. The first-order chi connectivity index (χ1) is 13.7. The third-order valence-corrected chi connectivity index (χ3v) is 4.54. The van der Waals surface area contributed by atoms with Crippen molar-refractivity contribution in [3.63, 3.8) is 0 Å². The van der Waals surface area contributed by atoms with Gasteiger partial charge in [-0.2, -0.15) is 0 Å². The highest BCUT2D eigenvalue weighted by atomic mass is 35.5. The normalized spacial score (nSPS) is 10.9. The van der Waals surface area contributed by atoms with Gasteiger partial charge in [-0.05, 0) is 55.0 Å². The lowest BCUT2D eigenvalue weighted by molar-refractivity contribution is -0.133. The van der Waals surface area contributed by atoms with E-state index in [2.05, 4.69) is 59.0 Å². The van der Waals surface area contributed by atoms with Gasteiger partial charge in [-0.25, -0.2) is 0 Å². The summed E-state index contributed by atoms with van der Waals surface area (Å²) in [6.45, 7) is 4.02. The second kappa shape index (κ2) is 13.0. The van der Waals surface area contributed by atoms with Crippen molar-refractivity contribution in [3.8, 4) is 5.75 Å². The Kier molecular flexibility index (Phi) is 10.2. The molecule has 2 aromatic rings. The smallest absolute Gasteiger partial charge is 0.326 e. The van der Waals surface area contributed by atoms with Gasteiger partial charge in [-0.1, -0.05) is 48.6 Å². The summed E-state index contributed by atoms with van der Waals surface area (Å²) in [6.07, 6.45) is 7.60. The van der Waals surface area contributed by atoms with Crippen LogP contribution in [0, 0.1) is 6.92 Å². The Balaban J connectivity index is 1.65. The Bertz CT molecular complexity index is 747. The van der Waals surface area contributed by atoms with E-state index in [0.29, 0.717) is 13.1 Å². The van der Waals surface area contributed by atoms with Crippen molar-refractivity contribution in [3.05, 3.63) is 71.3 Å². The predicted octanol–water partition coefficient (Wildman–Crippen LogP) is 5.09. The summed E-state index contributed by atoms with van der Waals surface area (Å²) >= 11 is 4.97. The zero-order valence-electron chi connectivity index (χ0n) is 16.3. The first-order valence-electron chi connectivity index (χ1n) is 9.65. The van der Waals surface area contributed by atoms with Crippen LogP contribution < -0.4 is 10.1 Å². The van der Waals surface area contributed by atoms with Crippen LogP contribution in [0.4, 0.5) is 0 Å². The molecule has 0 aliphatic heterocycles. The SMILES string of the molecule is Cc1cc(OCCCCc2ccccc2)ccc1/C=C/CNCCC(=O)OCl. The highest BCUT2D eigenvalue weighted by molar-refractivity contribution is 6.13. The number of aryl methyl sites for hydroxylation is 2. The number of hydrogen-bond donors (Lipinski definition) is 1. The van der Waals surface area contributed by atoms with Crippen LogP contribution in [0.1, 0.15) is 36.0 Å². The fourth-order valence-corrected chi connectivity index (χ4v) is 2.87. The van der Waals surface area contributed by atoms with Gasteiger partial charge in [0.25, 0.3) is 0 Å². The van der Waals surface area contributed by atoms with Crippen molar-refractivity contribution >= 4 is 23.9 Å². The number of carbonyl (C=O) groups is 1. The quantitative estimate of drug-likeness (QED) is 0.503. The molecule has 0 aromatic heterocycles. The lowest BCUT2D eigenvalue weighted by Gasteiger charge is -2.09. The van der Waals surface area contributed by atoms with Gasteiger partial charge in [0.1, 0.15) is 17.6 Å². The van der Waals surface area contributed by atoms with Gasteiger partial charge in [0.15, 0.2) is 0 Å². The van der Waals surface area contributed by atoms with E-state index in [1.54, 1.807) is 0 Å². The molecule has 2 rings (SSSR count). The molecule has 150 valence electrons. The zero-order valence-corrected chi connectivity index (χ0v) is 17.1. The highest BCUT2D eigenvalue weighted by Crippen LogP contribution is 2.19. The molecule has 0 spiro atoms. The molecule has 1 N–H and O–H groups in total. The summed E-state index contributed by atoms with van der Waals surface area (Å²) in [6, 6.07) is 16.7. The monoisotopic (exact) mass is 401 g/mol. The molecule has 0 aliphatic rings. The Labute approximate surface area is 172 Å². The van der Waals surface area contributed by atoms with E-state index in [9.17, 15) is 4.79 Å². The van der Waals surface area contributed by atoms with Crippen molar-refractivity contribution in [1.29, 1.82) is 0 Å². The fourth-order valence-electron chi connectivity index (χ4n) is 2.79. The van der Waals surface area contributed by atoms with Crippen molar-refractivity contribution in [1.82, 2.24) is 5.32 Å². The van der Waals surface area contributed by atoms with Crippen molar-refractivity contribution in [2.24, 2.45) is 0 Å². The van der Waals surface area contributed by atoms with Gasteiger partial charge in [0.05, 0.1) is 13.0 Å². The molecular weight excluding hydrogens is 374 g/mol. The lowest BCUT2D eigenvalue weighted by atomic mass is 10.1. The second-order valence-electron chi connectivity index (χ2n) is 6.62. The minimum Gasteiger partial charge on any atom is -0.494 e. The third-order valence-electron chi connectivity index (χ3n) is 4.36. The van der Waals surface area contributed by atoms with Crippen LogP contribution >= 0.6 is 11.9 Å². The van der Waals surface area contributed by atoms with Crippen LogP contribution in [-0.4, -0.2) is 25.7 Å². The van der Waals surface area contributed by atoms with Gasteiger partial charge < -0.3 is 14.3 Å². The Morgan fingerprint density at radius 3 is 2.71 bits per heavy atom. The van der Waals surface area contributed by atoms with Gasteiger partial charge in [-0.15, -0.1) is 0 Å². The average molecular weight is 402 g/mol. The molecule has 28 heavy (non-hydrogen) atoms. The zero-order chi connectivity index (χ0) is 20.0. The summed E-state index contributed by atoms with van der Waals surface area (Å²) in [5.41, 5.74) is 3.70. The molecule has 0 bridgehead atoms. The van der Waals surface area contributed by atoms with Crippen LogP contribution in [0.15, 0.2) is 54.6 Å². The van der Waals surface area contributed by atoms with Gasteiger partial charge >= 0.3 is 5.97 Å². The summed E-state index contributed by atoms with van der Waals surface area (Å²) in [5.74, 6) is 0.483. The summed E-state index contributed by atoms with van der Waals surface area (Å²) < 4.78 is 9.96. The second-order valence-corrected chi connectivity index (χ2v) is 6.77. The summed E-state index contributed by atoms with van der Waals surface area (Å²) in [5, 5.41) is 3.13. The Morgan fingerprint density at radius 1 is 1.14 bits per heavy atom. The Hall–Kier alpha value is -2.30. The van der Waals surface area contributed by atoms with Crippen LogP contribution in [0.5, 0.6) is 5.75 Å². The highest BCUT2D eigenvalue weighted by Gasteiger charge is 2.01. The molecule has 0 unspecified atom stereocenters. The third kappa shape index (κ3) is 8.59. The van der Waals surface area contributed by atoms with Crippen LogP contribution in [0.2, 0.25) is 0 Å². The van der Waals surface area contributed by atoms with Gasteiger partial charge in [0, 0.05) is 13.1 Å². The summed E-state index contributed by atoms with van der Waals surface area (Å²) in [7, 11) is 0. The van der Waals surface area contributed by atoms with Crippen LogP contribution in [0.3, 0.4) is 0 Å². The van der Waals surface area contributed by atoms with Crippen molar-refractivity contribution in [2.75, 3.05) is 19.7 Å². The van der Waals surface area contributed by atoms with Gasteiger partial charge in [-0.3, -0.25) is 4.79 Å². The number of rotatable bonds is 12. The van der Waals surface area contributed by atoms with E-state index in [-0.39, 0.29) is 6.42 Å². The molecular formula is C23H28ClNO3. The van der Waals surface area contributed by atoms with E-state index in [1.807, 2.05) is 18.2 Å². The maximum absolute atomic E-state index is 10.9. The van der Waals surface area contributed by atoms with Crippen LogP contribution in [0.25, 0.3) is 6.08 Å². The number of halogens is 1. The molecule has 0 atom stereocenters. The van der Waals surface area contributed by atoms with Gasteiger partial charge in [0.2, 0.25) is 0 Å². The number of unbranched alkanes of at least 4 members (excludes halogenated alkanes) is 1. The van der Waals surface area contributed by atoms with E-state index in [4.69, 9.17) is 16.6 Å². The number of carbonyl (C=O) groups excluding carboxylic acids is 1. The standard InChI is InChI=1S/C23H28ClNO3/c1-19-18-22(27-17-6-5-10-20-8-3-2-4-9-20)13-12-21(19)11-7-15-25-16-14-23(26)28-24/h2-4,7-9,11-13,18,25H,5-6,10,14-17H2,1H3/b11-7+. The topological polar surface area (TPSA) is 47.6 Å². The molecule has 0 saturated heterocycles. The lowest BCUT2D eigenvalue weighted by Crippen LogP contribution is -2.18. The largest absolute Gasteiger partial charge is 0.494 e. The van der Waals surface area contributed by atoms with Crippen molar-refractivity contribution in [2.45, 2.75) is 32.6 Å². The average Bonchev–Trinajstić information content (AvgIpc) is 2.72. The number of ether oxygens (including phenoxy) is 1. The van der Waals surface area contributed by atoms with Crippen molar-refractivity contribution < 1.29 is 13.8 Å². The molecule has 0 saturated carbocycles. The molecule has 0 aliphatic carbocycles. The minimum atomic E-state index is -0.426. The molecule has 4 nitrogen and oxygen atoms in total. The maximum Gasteiger partial charge on any atom is 0.326 e. The summed E-state index contributed by atoms with van der Waals surface area (Å²) in [4.78, 5) is 10.9. The molecule has 0 amide bonds. The number of nitrogens with one attached hydrogen (secondary N) is 1. The molecule has 0 fully saturated rings. The molecule has 2 aromatic carbocycles. The fraction of sp³-hybridized carbons (Fsp3) is 0.348. The van der Waals surface area contributed by atoms with E-state index < -0.39 is 5.97 Å². The molecule has 0 heterocycles. The van der Waals surface area contributed by atoms with E-state index in [1.165, 1.54) is 11.1 Å².